The molecule has 21 heavy (non-hydrogen) atoms. The minimum absolute atomic E-state index is 0.595. The van der Waals surface area contributed by atoms with Crippen LogP contribution in [0.25, 0.3) is 0 Å². The number of rotatable bonds is 7. The summed E-state index contributed by atoms with van der Waals surface area (Å²) in [6.45, 7) is 5.79. The highest BCUT2D eigenvalue weighted by molar-refractivity contribution is 7.08. The monoisotopic (exact) mass is 306 g/mol. The molecule has 0 atom stereocenters. The second kappa shape index (κ2) is 7.21. The molecular weight excluding hydrogens is 284 g/mol. The van der Waals surface area contributed by atoms with Crippen molar-refractivity contribution in [3.05, 3.63) is 21.9 Å². The minimum Gasteiger partial charge on any atom is -0.354 e. The fourth-order valence-electron chi connectivity index (χ4n) is 1.70. The molecule has 0 aliphatic heterocycles. The van der Waals surface area contributed by atoms with Crippen molar-refractivity contribution < 1.29 is 0 Å². The van der Waals surface area contributed by atoms with Crippen LogP contribution in [-0.2, 0) is 6.54 Å². The number of nitrogens with one attached hydrogen (secondary N) is 2. The van der Waals surface area contributed by atoms with Gasteiger partial charge in [-0.15, -0.1) is 0 Å². The molecule has 0 aliphatic rings. The van der Waals surface area contributed by atoms with Gasteiger partial charge in [-0.3, -0.25) is 0 Å². The lowest BCUT2D eigenvalue weighted by Gasteiger charge is -2.14. The molecule has 0 spiro atoms. The first-order valence-corrected chi connectivity index (χ1v) is 7.97. The summed E-state index contributed by atoms with van der Waals surface area (Å²) in [5, 5.41) is 10.8. The molecule has 0 saturated heterocycles. The van der Waals surface area contributed by atoms with Gasteiger partial charge in [0, 0.05) is 27.2 Å². The molecule has 6 nitrogen and oxygen atoms in total. The molecule has 2 heterocycles. The Morgan fingerprint density at radius 3 is 2.38 bits per heavy atom. The first kappa shape index (κ1) is 15.5. The quantitative estimate of drug-likeness (QED) is 0.820. The van der Waals surface area contributed by atoms with Crippen LogP contribution in [0.2, 0.25) is 0 Å². The fraction of sp³-hybridized carbons (Fsp3) is 0.500. The smallest absolute Gasteiger partial charge is 0.231 e. The molecule has 0 aliphatic carbocycles. The molecule has 0 radical (unpaired) electrons. The van der Waals surface area contributed by atoms with E-state index in [9.17, 15) is 0 Å². The van der Waals surface area contributed by atoms with Crippen LogP contribution in [0.5, 0.6) is 0 Å². The van der Waals surface area contributed by atoms with E-state index in [-0.39, 0.29) is 0 Å². The van der Waals surface area contributed by atoms with E-state index >= 15 is 0 Å². The Morgan fingerprint density at radius 1 is 1.10 bits per heavy atom. The van der Waals surface area contributed by atoms with Crippen LogP contribution < -0.4 is 15.5 Å². The molecule has 0 amide bonds. The van der Waals surface area contributed by atoms with Crippen molar-refractivity contribution in [1.82, 2.24) is 15.0 Å². The summed E-state index contributed by atoms with van der Waals surface area (Å²) >= 11 is 1.71. The van der Waals surface area contributed by atoms with Gasteiger partial charge in [-0.25, -0.2) is 0 Å². The zero-order valence-corrected chi connectivity index (χ0v) is 13.8. The predicted molar refractivity (Wildman–Crippen MR) is 89.3 cm³/mol. The average molecular weight is 306 g/mol. The summed E-state index contributed by atoms with van der Waals surface area (Å²) in [4.78, 5) is 15.1. The number of anilines is 3. The van der Waals surface area contributed by atoms with Gasteiger partial charge >= 0.3 is 0 Å². The third-order valence-electron chi connectivity index (χ3n) is 2.96. The van der Waals surface area contributed by atoms with Gasteiger partial charge in [-0.05, 0) is 35.2 Å². The Hall–Kier alpha value is -1.89. The maximum absolute atomic E-state index is 4.43. The summed E-state index contributed by atoms with van der Waals surface area (Å²) in [6.07, 6.45) is 1.03. The highest BCUT2D eigenvalue weighted by Crippen LogP contribution is 2.16. The Balaban J connectivity index is 2.13. The maximum Gasteiger partial charge on any atom is 0.231 e. The Bertz CT molecular complexity index is 581. The van der Waals surface area contributed by atoms with Crippen molar-refractivity contribution in [2.24, 2.45) is 0 Å². The molecule has 0 unspecified atom stereocenters. The van der Waals surface area contributed by atoms with Crippen molar-refractivity contribution in [1.29, 1.82) is 0 Å². The molecule has 0 saturated carbocycles. The minimum atomic E-state index is 0.595. The first-order valence-electron chi connectivity index (χ1n) is 7.03. The SMILES string of the molecule is CCCNc1nc(NCc2cscc2C)nc(N(C)C)n1. The van der Waals surface area contributed by atoms with E-state index in [1.54, 1.807) is 11.3 Å². The van der Waals surface area contributed by atoms with Crippen molar-refractivity contribution in [3.8, 4) is 0 Å². The Morgan fingerprint density at radius 2 is 1.81 bits per heavy atom. The van der Waals surface area contributed by atoms with Gasteiger partial charge in [0.25, 0.3) is 0 Å². The second-order valence-electron chi connectivity index (χ2n) is 5.04. The molecule has 0 aromatic carbocycles. The lowest BCUT2D eigenvalue weighted by atomic mass is 10.2. The molecule has 114 valence electrons. The summed E-state index contributed by atoms with van der Waals surface area (Å²) in [5.74, 6) is 1.85. The third kappa shape index (κ3) is 4.29. The molecule has 7 heteroatoms. The van der Waals surface area contributed by atoms with Gasteiger partial charge in [-0.1, -0.05) is 6.92 Å². The van der Waals surface area contributed by atoms with E-state index < -0.39 is 0 Å². The summed E-state index contributed by atoms with van der Waals surface area (Å²) in [5.41, 5.74) is 2.56. The van der Waals surface area contributed by atoms with E-state index in [4.69, 9.17) is 0 Å². The van der Waals surface area contributed by atoms with Gasteiger partial charge < -0.3 is 15.5 Å². The molecule has 2 rings (SSSR count). The van der Waals surface area contributed by atoms with Crippen LogP contribution in [0.15, 0.2) is 10.8 Å². The van der Waals surface area contributed by atoms with Gasteiger partial charge in [-0.2, -0.15) is 26.3 Å². The number of nitrogens with zero attached hydrogens (tertiary/aromatic N) is 4. The fourth-order valence-corrected chi connectivity index (χ4v) is 2.56. The number of thiophene rings is 1. The number of aromatic nitrogens is 3. The highest BCUT2D eigenvalue weighted by Gasteiger charge is 2.08. The Kier molecular flexibility index (Phi) is 5.32. The van der Waals surface area contributed by atoms with E-state index in [0.29, 0.717) is 17.8 Å². The molecule has 2 aromatic rings. The standard InChI is InChI=1S/C14H22N6S/c1-5-6-15-12-17-13(19-14(18-12)20(3)4)16-7-11-9-21-8-10(11)2/h8-9H,5-7H2,1-4H3,(H2,15,16,17,18,19). The van der Waals surface area contributed by atoms with Crippen LogP contribution in [-0.4, -0.2) is 35.6 Å². The molecule has 2 N–H and O–H groups in total. The van der Waals surface area contributed by atoms with E-state index in [0.717, 1.165) is 19.5 Å². The molecular formula is C14H22N6S. The van der Waals surface area contributed by atoms with Gasteiger partial charge in [0.2, 0.25) is 17.8 Å². The number of hydrogen-bond acceptors (Lipinski definition) is 7. The van der Waals surface area contributed by atoms with Crippen molar-refractivity contribution in [2.75, 3.05) is 36.2 Å². The largest absolute Gasteiger partial charge is 0.354 e. The van der Waals surface area contributed by atoms with E-state index in [1.165, 1.54) is 11.1 Å². The van der Waals surface area contributed by atoms with E-state index in [1.807, 2.05) is 19.0 Å². The van der Waals surface area contributed by atoms with Crippen LogP contribution in [0.4, 0.5) is 17.8 Å². The first-order chi connectivity index (χ1) is 10.1. The van der Waals surface area contributed by atoms with E-state index in [2.05, 4.69) is 50.2 Å². The predicted octanol–water partition coefficient (Wildman–Crippen LogP) is 2.74. The van der Waals surface area contributed by atoms with Gasteiger partial charge in [0.05, 0.1) is 0 Å². The Labute approximate surface area is 129 Å². The molecule has 2 aromatic heterocycles. The van der Waals surface area contributed by atoms with Gasteiger partial charge in [0.1, 0.15) is 0 Å². The second-order valence-corrected chi connectivity index (χ2v) is 5.78. The lowest BCUT2D eigenvalue weighted by Crippen LogP contribution is -2.17. The maximum atomic E-state index is 4.43. The topological polar surface area (TPSA) is 66.0 Å². The molecule has 0 bridgehead atoms. The van der Waals surface area contributed by atoms with Crippen molar-refractivity contribution in [3.63, 3.8) is 0 Å². The summed E-state index contributed by atoms with van der Waals surface area (Å²) < 4.78 is 0. The van der Waals surface area contributed by atoms with Crippen molar-refractivity contribution in [2.45, 2.75) is 26.8 Å². The third-order valence-corrected chi connectivity index (χ3v) is 3.87. The van der Waals surface area contributed by atoms with Crippen LogP contribution in [0.1, 0.15) is 24.5 Å². The van der Waals surface area contributed by atoms with Crippen LogP contribution >= 0.6 is 11.3 Å². The average Bonchev–Trinajstić information content (AvgIpc) is 2.88. The highest BCUT2D eigenvalue weighted by atomic mass is 32.1. The zero-order valence-electron chi connectivity index (χ0n) is 13.0. The van der Waals surface area contributed by atoms with Crippen LogP contribution in [0, 0.1) is 6.92 Å². The summed E-state index contributed by atoms with van der Waals surface area (Å²) in [6, 6.07) is 0. The van der Waals surface area contributed by atoms with Gasteiger partial charge in [0.15, 0.2) is 0 Å². The van der Waals surface area contributed by atoms with Crippen molar-refractivity contribution >= 4 is 29.2 Å². The summed E-state index contributed by atoms with van der Waals surface area (Å²) in [7, 11) is 3.84. The number of aryl methyl sites for hydroxylation is 1. The molecule has 0 fully saturated rings. The normalized spacial score (nSPS) is 10.5. The lowest BCUT2D eigenvalue weighted by molar-refractivity contribution is 0.910. The van der Waals surface area contributed by atoms with Crippen LogP contribution in [0.3, 0.4) is 0 Å². The zero-order chi connectivity index (χ0) is 15.2. The number of hydrogen-bond donors (Lipinski definition) is 2.